The Morgan fingerprint density at radius 2 is 2.00 bits per heavy atom. The van der Waals surface area contributed by atoms with E-state index in [9.17, 15) is 9.90 Å². The van der Waals surface area contributed by atoms with Crippen molar-refractivity contribution in [2.75, 3.05) is 11.9 Å². The molecule has 2 bridgehead atoms. The Kier molecular flexibility index (Phi) is 3.68. The number of anilines is 1. The number of pyridine rings is 1. The highest BCUT2D eigenvalue weighted by atomic mass is 35.5. The van der Waals surface area contributed by atoms with Gasteiger partial charge in [0.05, 0.1) is 6.20 Å². The third-order valence-corrected chi connectivity index (χ3v) is 5.39. The van der Waals surface area contributed by atoms with Crippen molar-refractivity contribution in [1.29, 1.82) is 0 Å². The van der Waals surface area contributed by atoms with Crippen LogP contribution in [0.5, 0.6) is 0 Å². The van der Waals surface area contributed by atoms with Crippen molar-refractivity contribution in [3.8, 4) is 0 Å². The topological polar surface area (TPSA) is 82.5 Å². The summed E-state index contributed by atoms with van der Waals surface area (Å²) >= 11 is 5.89. The Balaban J connectivity index is 1.62. The van der Waals surface area contributed by atoms with E-state index in [1.807, 2.05) is 6.07 Å². The zero-order valence-corrected chi connectivity index (χ0v) is 14.0. The van der Waals surface area contributed by atoms with E-state index in [2.05, 4.69) is 14.9 Å². The van der Waals surface area contributed by atoms with Crippen LogP contribution < -0.4 is 4.90 Å². The number of hydrogen-bond acceptors (Lipinski definition) is 5. The molecule has 126 valence electrons. The molecule has 4 rings (SSSR count). The minimum atomic E-state index is -0.860. The summed E-state index contributed by atoms with van der Waals surface area (Å²) in [7, 11) is 1.66. The van der Waals surface area contributed by atoms with Gasteiger partial charge in [-0.3, -0.25) is 0 Å². The first-order chi connectivity index (χ1) is 11.5. The molecular formula is C16H18ClN5O2. The molecule has 8 heteroatoms. The van der Waals surface area contributed by atoms with Crippen molar-refractivity contribution < 1.29 is 9.90 Å². The Bertz CT molecular complexity index is 787. The van der Waals surface area contributed by atoms with Crippen LogP contribution in [0.3, 0.4) is 0 Å². The minimum Gasteiger partial charge on any atom is -0.465 e. The number of piperidine rings is 1. The molecule has 2 aliphatic heterocycles. The van der Waals surface area contributed by atoms with Gasteiger partial charge < -0.3 is 14.9 Å². The van der Waals surface area contributed by atoms with Crippen molar-refractivity contribution in [2.24, 2.45) is 0 Å². The van der Waals surface area contributed by atoms with Crippen molar-refractivity contribution in [2.45, 2.75) is 43.8 Å². The number of amides is 1. The Morgan fingerprint density at radius 3 is 2.67 bits per heavy atom. The molecule has 0 spiro atoms. The summed E-state index contributed by atoms with van der Waals surface area (Å²) in [5.41, 5.74) is 1.26. The third-order valence-electron chi connectivity index (χ3n) is 5.18. The largest absolute Gasteiger partial charge is 0.465 e. The Labute approximate surface area is 144 Å². The first-order valence-corrected chi connectivity index (χ1v) is 8.44. The number of halogens is 1. The van der Waals surface area contributed by atoms with Crippen LogP contribution in [-0.4, -0.2) is 56.2 Å². The molecule has 0 unspecified atom stereocenters. The standard InChI is InChI=1S/C16H18ClN5O2/c1-21(16(23)24)11-6-9-2-3-10(7-11)22(9)14-8-18-15-12(19-14)4-5-13(17)20-15/h4-5,8-11H,2-3,6-7H2,1H3,(H,23,24)/t9-,10+,11+. The maximum absolute atomic E-state index is 11.2. The fourth-order valence-electron chi connectivity index (χ4n) is 3.99. The molecule has 0 saturated carbocycles. The highest BCUT2D eigenvalue weighted by Gasteiger charge is 2.43. The second-order valence-corrected chi connectivity index (χ2v) is 6.90. The summed E-state index contributed by atoms with van der Waals surface area (Å²) in [6.07, 6.45) is 4.68. The molecule has 3 atom stereocenters. The van der Waals surface area contributed by atoms with Crippen molar-refractivity contribution in [3.63, 3.8) is 0 Å². The lowest BCUT2D eigenvalue weighted by atomic mass is 9.96. The monoisotopic (exact) mass is 347 g/mol. The first kappa shape index (κ1) is 15.4. The fourth-order valence-corrected chi connectivity index (χ4v) is 4.13. The molecule has 1 N–H and O–H groups in total. The van der Waals surface area contributed by atoms with Gasteiger partial charge in [0.25, 0.3) is 0 Å². The number of fused-ring (bicyclic) bond motifs is 3. The summed E-state index contributed by atoms with van der Waals surface area (Å²) in [5.74, 6) is 0.843. The lowest BCUT2D eigenvalue weighted by Crippen LogP contribution is -2.51. The predicted molar refractivity (Wildman–Crippen MR) is 90.4 cm³/mol. The second kappa shape index (κ2) is 5.73. The van der Waals surface area contributed by atoms with Crippen LogP contribution in [0.1, 0.15) is 25.7 Å². The lowest BCUT2D eigenvalue weighted by molar-refractivity contribution is 0.125. The molecule has 4 heterocycles. The van der Waals surface area contributed by atoms with Crippen LogP contribution in [0.4, 0.5) is 10.6 Å². The van der Waals surface area contributed by atoms with Crippen LogP contribution >= 0.6 is 11.6 Å². The first-order valence-electron chi connectivity index (χ1n) is 8.06. The highest BCUT2D eigenvalue weighted by Crippen LogP contribution is 2.40. The quantitative estimate of drug-likeness (QED) is 0.841. The van der Waals surface area contributed by atoms with Crippen LogP contribution in [-0.2, 0) is 0 Å². The normalized spacial score (nSPS) is 25.9. The Morgan fingerprint density at radius 1 is 1.29 bits per heavy atom. The molecule has 2 fully saturated rings. The van der Waals surface area contributed by atoms with Gasteiger partial charge in [0.1, 0.15) is 16.5 Å². The molecular weight excluding hydrogens is 330 g/mol. The second-order valence-electron chi connectivity index (χ2n) is 6.52. The number of rotatable bonds is 2. The Hall–Kier alpha value is -2.15. The van der Waals surface area contributed by atoms with Crippen molar-refractivity contribution in [1.82, 2.24) is 19.9 Å². The van der Waals surface area contributed by atoms with Crippen molar-refractivity contribution in [3.05, 3.63) is 23.5 Å². The zero-order chi connectivity index (χ0) is 16.8. The smallest absolute Gasteiger partial charge is 0.407 e. The van der Waals surface area contributed by atoms with Gasteiger partial charge >= 0.3 is 6.09 Å². The molecule has 2 aromatic rings. The van der Waals surface area contributed by atoms with Crippen molar-refractivity contribution >= 4 is 34.7 Å². The van der Waals surface area contributed by atoms with Crippen LogP contribution in [0.25, 0.3) is 11.2 Å². The minimum absolute atomic E-state index is 0.0742. The van der Waals surface area contributed by atoms with E-state index in [1.54, 1.807) is 19.3 Å². The van der Waals surface area contributed by atoms with E-state index < -0.39 is 6.09 Å². The molecule has 0 aliphatic carbocycles. The van der Waals surface area contributed by atoms with Crippen LogP contribution in [0.2, 0.25) is 5.15 Å². The average Bonchev–Trinajstić information content (AvgIpc) is 2.83. The third kappa shape index (κ3) is 2.53. The summed E-state index contributed by atoms with van der Waals surface area (Å²) in [4.78, 5) is 28.2. The van der Waals surface area contributed by atoms with E-state index in [4.69, 9.17) is 16.6 Å². The van der Waals surface area contributed by atoms with Crippen LogP contribution in [0.15, 0.2) is 18.3 Å². The molecule has 0 aromatic carbocycles. The zero-order valence-electron chi connectivity index (χ0n) is 13.3. The average molecular weight is 348 g/mol. The van der Waals surface area contributed by atoms with E-state index in [0.29, 0.717) is 22.9 Å². The number of carboxylic acid groups (broad SMARTS) is 1. The molecule has 2 saturated heterocycles. The summed E-state index contributed by atoms with van der Waals surface area (Å²) in [6.45, 7) is 0. The van der Waals surface area contributed by atoms with Gasteiger partial charge in [-0.05, 0) is 37.8 Å². The number of nitrogens with zero attached hydrogens (tertiary/aromatic N) is 5. The van der Waals surface area contributed by atoms with Gasteiger partial charge in [-0.1, -0.05) is 11.6 Å². The maximum Gasteiger partial charge on any atom is 0.407 e. The lowest BCUT2D eigenvalue weighted by Gasteiger charge is -2.41. The summed E-state index contributed by atoms with van der Waals surface area (Å²) in [5, 5.41) is 9.63. The van der Waals surface area contributed by atoms with Gasteiger partial charge in [-0.25, -0.2) is 19.7 Å². The van der Waals surface area contributed by atoms with Gasteiger partial charge in [0.15, 0.2) is 5.65 Å². The van der Waals surface area contributed by atoms with Gasteiger partial charge in [-0.2, -0.15) is 0 Å². The maximum atomic E-state index is 11.2. The molecule has 1 amide bonds. The van der Waals surface area contributed by atoms with E-state index in [-0.39, 0.29) is 6.04 Å². The predicted octanol–water partition coefficient (Wildman–Crippen LogP) is 2.79. The number of hydrogen-bond donors (Lipinski definition) is 1. The van der Waals surface area contributed by atoms with Crippen LogP contribution in [0, 0.1) is 0 Å². The summed E-state index contributed by atoms with van der Waals surface area (Å²) in [6, 6.07) is 4.23. The fraction of sp³-hybridized carbons (Fsp3) is 0.500. The van der Waals surface area contributed by atoms with Gasteiger partial charge in [0.2, 0.25) is 0 Å². The molecule has 2 aliphatic rings. The molecule has 2 aromatic heterocycles. The van der Waals surface area contributed by atoms with E-state index in [1.165, 1.54) is 4.90 Å². The number of aromatic nitrogens is 3. The molecule has 7 nitrogen and oxygen atoms in total. The van der Waals surface area contributed by atoms with Gasteiger partial charge in [0, 0.05) is 25.2 Å². The van der Waals surface area contributed by atoms with Gasteiger partial charge in [-0.15, -0.1) is 0 Å². The number of carbonyl (C=O) groups is 1. The molecule has 24 heavy (non-hydrogen) atoms. The SMILES string of the molecule is CN(C(=O)O)[C@H]1C[C@H]2CC[C@@H](C1)N2c1cnc2nc(Cl)ccc2n1. The highest BCUT2D eigenvalue weighted by molar-refractivity contribution is 6.29. The van der Waals surface area contributed by atoms with E-state index in [0.717, 1.165) is 37.0 Å². The summed E-state index contributed by atoms with van der Waals surface area (Å²) < 4.78 is 0. The molecule has 0 radical (unpaired) electrons. The van der Waals surface area contributed by atoms with E-state index >= 15 is 0 Å².